The molecule has 0 N–H and O–H groups in total. The summed E-state index contributed by atoms with van der Waals surface area (Å²) in [5.41, 5.74) is 0.380. The molecule has 1 aromatic carbocycles. The van der Waals surface area contributed by atoms with Gasteiger partial charge in [0.05, 0.1) is 18.0 Å². The Morgan fingerprint density at radius 3 is 3.00 bits per heavy atom. The van der Waals surface area contributed by atoms with E-state index in [4.69, 9.17) is 10.00 Å². The van der Waals surface area contributed by atoms with Gasteiger partial charge in [0.15, 0.2) is 5.75 Å². The van der Waals surface area contributed by atoms with Crippen LogP contribution in [0, 0.1) is 17.1 Å². The Hall–Kier alpha value is -2.35. The van der Waals surface area contributed by atoms with Gasteiger partial charge in [-0.1, -0.05) is 12.1 Å². The molecule has 0 saturated heterocycles. The fraction of sp³-hybridized carbons (Fsp3) is 0.167. The van der Waals surface area contributed by atoms with Crippen LogP contribution in [0.5, 0.6) is 5.75 Å². The first kappa shape index (κ1) is 11.1. The molecule has 0 amide bonds. The zero-order chi connectivity index (χ0) is 12.3. The minimum Gasteiger partial charge on any atom is -0.486 e. The molecule has 2 aromatic rings. The number of aromatic nitrogens is 2. The van der Waals surface area contributed by atoms with E-state index >= 15 is 0 Å². The number of benzene rings is 1. The number of aryl methyl sites for hydroxylation is 1. The Labute approximate surface area is 97.9 Å². The number of ether oxygens (including phenoxy) is 1. The smallest absolute Gasteiger partial charge is 0.157 e. The van der Waals surface area contributed by atoms with Gasteiger partial charge in [-0.2, -0.15) is 10.4 Å². The van der Waals surface area contributed by atoms with Crippen LogP contribution in [0.3, 0.4) is 0 Å². The van der Waals surface area contributed by atoms with E-state index in [1.54, 1.807) is 42.3 Å². The molecule has 0 aliphatic carbocycles. The maximum atomic E-state index is 13.7. The first-order valence-electron chi connectivity index (χ1n) is 4.99. The van der Waals surface area contributed by atoms with Crippen molar-refractivity contribution in [3.05, 3.63) is 47.5 Å². The molecular weight excluding hydrogens is 221 g/mol. The molecule has 0 spiro atoms. The highest BCUT2D eigenvalue weighted by molar-refractivity contribution is 5.34. The van der Waals surface area contributed by atoms with Crippen LogP contribution >= 0.6 is 0 Å². The first-order chi connectivity index (χ1) is 8.20. The molecule has 4 nitrogen and oxygen atoms in total. The summed E-state index contributed by atoms with van der Waals surface area (Å²) >= 11 is 0. The van der Waals surface area contributed by atoms with Crippen molar-refractivity contribution in [2.45, 2.75) is 6.61 Å². The summed E-state index contributed by atoms with van der Waals surface area (Å²) < 4.78 is 20.6. The van der Waals surface area contributed by atoms with E-state index in [1.165, 1.54) is 6.07 Å². The summed E-state index contributed by atoms with van der Waals surface area (Å²) in [6, 6.07) is 6.44. The number of hydrogen-bond acceptors (Lipinski definition) is 3. The quantitative estimate of drug-likeness (QED) is 0.811. The minimum atomic E-state index is -0.529. The van der Waals surface area contributed by atoms with Crippen molar-refractivity contribution in [3.63, 3.8) is 0 Å². The largest absolute Gasteiger partial charge is 0.486 e. The Balaban J connectivity index is 2.12. The normalized spacial score (nSPS) is 9.94. The Kier molecular flexibility index (Phi) is 3.06. The SMILES string of the molecule is Cn1cc(OCc2cccc(C#N)c2F)cn1. The third-order valence-corrected chi connectivity index (χ3v) is 2.27. The van der Waals surface area contributed by atoms with E-state index in [-0.39, 0.29) is 12.2 Å². The third-order valence-electron chi connectivity index (χ3n) is 2.27. The van der Waals surface area contributed by atoms with Crippen molar-refractivity contribution < 1.29 is 9.13 Å². The zero-order valence-corrected chi connectivity index (χ0v) is 9.22. The number of halogens is 1. The van der Waals surface area contributed by atoms with Gasteiger partial charge in [0, 0.05) is 12.6 Å². The van der Waals surface area contributed by atoms with Crippen molar-refractivity contribution in [1.82, 2.24) is 9.78 Å². The lowest BCUT2D eigenvalue weighted by molar-refractivity contribution is 0.299. The Bertz CT molecular complexity index is 571. The van der Waals surface area contributed by atoms with Crippen LogP contribution in [0.25, 0.3) is 0 Å². The number of hydrogen-bond donors (Lipinski definition) is 0. The molecule has 17 heavy (non-hydrogen) atoms. The van der Waals surface area contributed by atoms with Gasteiger partial charge in [-0.05, 0) is 6.07 Å². The van der Waals surface area contributed by atoms with Gasteiger partial charge in [0.25, 0.3) is 0 Å². The van der Waals surface area contributed by atoms with Gasteiger partial charge < -0.3 is 4.74 Å². The van der Waals surface area contributed by atoms with Crippen molar-refractivity contribution in [2.24, 2.45) is 7.05 Å². The summed E-state index contributed by atoms with van der Waals surface area (Å²) in [6.45, 7) is 0.0764. The van der Waals surface area contributed by atoms with E-state index in [2.05, 4.69) is 5.10 Å². The summed E-state index contributed by atoms with van der Waals surface area (Å²) in [5.74, 6) is 0.0353. The standard InChI is InChI=1S/C12H10FN3O/c1-16-7-11(6-15-16)17-8-10-4-2-3-9(5-14)12(10)13/h2-4,6-7H,8H2,1H3. The highest BCUT2D eigenvalue weighted by Crippen LogP contribution is 2.15. The van der Waals surface area contributed by atoms with Gasteiger partial charge >= 0.3 is 0 Å². The lowest BCUT2D eigenvalue weighted by Crippen LogP contribution is -1.99. The summed E-state index contributed by atoms with van der Waals surface area (Å²) in [6.07, 6.45) is 3.23. The molecule has 0 atom stereocenters. The van der Waals surface area contributed by atoms with Crippen LogP contribution in [0.15, 0.2) is 30.6 Å². The average molecular weight is 231 g/mol. The van der Waals surface area contributed by atoms with Crippen LogP contribution in [0.4, 0.5) is 4.39 Å². The minimum absolute atomic E-state index is 0.0253. The molecule has 5 heteroatoms. The Morgan fingerprint density at radius 1 is 1.53 bits per heavy atom. The molecule has 0 aliphatic heterocycles. The van der Waals surface area contributed by atoms with E-state index in [0.29, 0.717) is 11.3 Å². The highest BCUT2D eigenvalue weighted by Gasteiger charge is 2.08. The van der Waals surface area contributed by atoms with E-state index in [0.717, 1.165) is 0 Å². The molecule has 0 bridgehead atoms. The number of nitrogens with zero attached hydrogens (tertiary/aromatic N) is 3. The molecule has 0 aliphatic rings. The maximum absolute atomic E-state index is 13.7. The van der Waals surface area contributed by atoms with Crippen molar-refractivity contribution in [3.8, 4) is 11.8 Å². The first-order valence-corrected chi connectivity index (χ1v) is 4.99. The second-order valence-corrected chi connectivity index (χ2v) is 3.53. The van der Waals surface area contributed by atoms with Crippen molar-refractivity contribution >= 4 is 0 Å². The Morgan fingerprint density at radius 2 is 2.35 bits per heavy atom. The molecule has 1 heterocycles. The second kappa shape index (κ2) is 4.66. The summed E-state index contributed by atoms with van der Waals surface area (Å²) in [4.78, 5) is 0. The van der Waals surface area contributed by atoms with E-state index in [9.17, 15) is 4.39 Å². The molecule has 0 fully saturated rings. The van der Waals surface area contributed by atoms with Gasteiger partial charge in [0.2, 0.25) is 0 Å². The van der Waals surface area contributed by atoms with Crippen LogP contribution in [-0.2, 0) is 13.7 Å². The zero-order valence-electron chi connectivity index (χ0n) is 9.22. The molecule has 0 radical (unpaired) electrons. The summed E-state index contributed by atoms with van der Waals surface area (Å²) in [7, 11) is 1.77. The van der Waals surface area contributed by atoms with E-state index < -0.39 is 5.82 Å². The van der Waals surface area contributed by atoms with Crippen LogP contribution in [-0.4, -0.2) is 9.78 Å². The fourth-order valence-electron chi connectivity index (χ4n) is 1.41. The monoisotopic (exact) mass is 231 g/mol. The predicted molar refractivity (Wildman–Crippen MR) is 58.7 cm³/mol. The molecule has 0 unspecified atom stereocenters. The lowest BCUT2D eigenvalue weighted by Gasteiger charge is -2.05. The van der Waals surface area contributed by atoms with Crippen molar-refractivity contribution in [2.75, 3.05) is 0 Å². The second-order valence-electron chi connectivity index (χ2n) is 3.53. The van der Waals surface area contributed by atoms with Gasteiger partial charge in [-0.25, -0.2) is 4.39 Å². The van der Waals surface area contributed by atoms with Gasteiger partial charge in [0.1, 0.15) is 18.5 Å². The molecular formula is C12H10FN3O. The third kappa shape index (κ3) is 2.42. The van der Waals surface area contributed by atoms with Crippen LogP contribution < -0.4 is 4.74 Å². The topological polar surface area (TPSA) is 50.8 Å². The van der Waals surface area contributed by atoms with E-state index in [1.807, 2.05) is 0 Å². The number of rotatable bonds is 3. The van der Waals surface area contributed by atoms with Crippen LogP contribution in [0.2, 0.25) is 0 Å². The molecule has 2 rings (SSSR count). The van der Waals surface area contributed by atoms with Gasteiger partial charge in [-0.3, -0.25) is 4.68 Å². The number of nitriles is 1. The molecule has 86 valence electrons. The lowest BCUT2D eigenvalue weighted by atomic mass is 10.1. The fourth-order valence-corrected chi connectivity index (χ4v) is 1.41. The van der Waals surface area contributed by atoms with Crippen LogP contribution in [0.1, 0.15) is 11.1 Å². The molecule has 0 saturated carbocycles. The maximum Gasteiger partial charge on any atom is 0.157 e. The predicted octanol–water partition coefficient (Wildman–Crippen LogP) is 2.01. The highest BCUT2D eigenvalue weighted by atomic mass is 19.1. The van der Waals surface area contributed by atoms with Crippen molar-refractivity contribution in [1.29, 1.82) is 5.26 Å². The molecule has 1 aromatic heterocycles. The summed E-state index contributed by atoms with van der Waals surface area (Å²) in [5, 5.41) is 12.6. The van der Waals surface area contributed by atoms with Gasteiger partial charge in [-0.15, -0.1) is 0 Å². The average Bonchev–Trinajstić information content (AvgIpc) is 2.74.